The van der Waals surface area contributed by atoms with E-state index in [2.05, 4.69) is 10.4 Å². The average Bonchev–Trinajstić information content (AvgIpc) is 3.39. The van der Waals surface area contributed by atoms with E-state index in [0.717, 1.165) is 31.9 Å². The summed E-state index contributed by atoms with van der Waals surface area (Å²) < 4.78 is 7.21. The minimum absolute atomic E-state index is 0.0204. The van der Waals surface area contributed by atoms with E-state index in [1.807, 2.05) is 35.0 Å². The van der Waals surface area contributed by atoms with Crippen molar-refractivity contribution in [2.24, 2.45) is 11.8 Å². The van der Waals surface area contributed by atoms with Gasteiger partial charge in [0.2, 0.25) is 11.8 Å². The van der Waals surface area contributed by atoms with Crippen molar-refractivity contribution in [1.29, 1.82) is 0 Å². The van der Waals surface area contributed by atoms with Crippen LogP contribution in [0.25, 0.3) is 0 Å². The Kier molecular flexibility index (Phi) is 4.71. The van der Waals surface area contributed by atoms with Gasteiger partial charge in [-0.05, 0) is 18.6 Å². The minimum atomic E-state index is -0.360. The number of aromatic nitrogens is 2. The van der Waals surface area contributed by atoms with Crippen LogP contribution in [-0.4, -0.2) is 41.4 Å². The number of nitrogens with one attached hydrogen (secondary N) is 1. The van der Waals surface area contributed by atoms with Crippen LogP contribution in [0, 0.1) is 11.8 Å². The number of carbonyl (C=O) groups is 2. The molecule has 2 atom stereocenters. The molecule has 2 fully saturated rings. The number of ether oxygens (including phenoxy) is 1. The quantitative estimate of drug-likeness (QED) is 0.890. The summed E-state index contributed by atoms with van der Waals surface area (Å²) in [5.74, 6) is 0.578. The Morgan fingerprint density at radius 3 is 2.88 bits per heavy atom. The number of hydrogen-bond donors (Lipinski definition) is 1. The molecule has 1 aromatic heterocycles. The summed E-state index contributed by atoms with van der Waals surface area (Å²) >= 11 is 0. The van der Waals surface area contributed by atoms with Gasteiger partial charge in [0, 0.05) is 43.8 Å². The van der Waals surface area contributed by atoms with Crippen molar-refractivity contribution in [3.8, 4) is 0 Å². The van der Waals surface area contributed by atoms with Crippen LogP contribution in [0.1, 0.15) is 12.8 Å². The summed E-state index contributed by atoms with van der Waals surface area (Å²) in [5, 5.41) is 7.25. The molecule has 0 bridgehead atoms. The molecule has 2 aromatic rings. The molecule has 136 valence electrons. The Morgan fingerprint density at radius 2 is 2.12 bits per heavy atom. The van der Waals surface area contributed by atoms with Crippen molar-refractivity contribution < 1.29 is 14.3 Å². The second kappa shape index (κ2) is 7.29. The fourth-order valence-corrected chi connectivity index (χ4v) is 3.53. The standard InChI is InChI=1S/C19H22N4O3/c24-18-10-15(12-22(18)16-4-2-1-3-5-16)19(25)21-17-6-8-20-23(17)11-14-7-9-26-13-14/h1-6,8,14-15H,7,9-13H2,(H,21,25)/t14-,15+/m1/s1. The van der Waals surface area contributed by atoms with Gasteiger partial charge >= 0.3 is 0 Å². The Hall–Kier alpha value is -2.67. The van der Waals surface area contributed by atoms with E-state index >= 15 is 0 Å². The molecular formula is C19H22N4O3. The molecule has 1 aromatic carbocycles. The fraction of sp³-hybridized carbons (Fsp3) is 0.421. The van der Waals surface area contributed by atoms with Crippen LogP contribution in [0.5, 0.6) is 0 Å². The molecular weight excluding hydrogens is 332 g/mol. The molecule has 0 saturated carbocycles. The lowest BCUT2D eigenvalue weighted by Gasteiger charge is -2.17. The van der Waals surface area contributed by atoms with Gasteiger partial charge < -0.3 is 15.0 Å². The predicted molar refractivity (Wildman–Crippen MR) is 96.7 cm³/mol. The van der Waals surface area contributed by atoms with Crippen LogP contribution in [-0.2, 0) is 20.9 Å². The van der Waals surface area contributed by atoms with Crippen molar-refractivity contribution in [2.75, 3.05) is 30.0 Å². The molecule has 2 saturated heterocycles. The number of nitrogens with zero attached hydrogens (tertiary/aromatic N) is 3. The number of carbonyl (C=O) groups excluding carboxylic acids is 2. The van der Waals surface area contributed by atoms with Crippen molar-refractivity contribution in [2.45, 2.75) is 19.4 Å². The first-order valence-corrected chi connectivity index (χ1v) is 8.96. The normalized spacial score (nSPS) is 22.8. The first kappa shape index (κ1) is 16.8. The zero-order valence-electron chi connectivity index (χ0n) is 14.5. The topological polar surface area (TPSA) is 76.5 Å². The van der Waals surface area contributed by atoms with E-state index in [1.54, 1.807) is 17.2 Å². The van der Waals surface area contributed by atoms with Gasteiger partial charge in [0.05, 0.1) is 18.7 Å². The number of amides is 2. The van der Waals surface area contributed by atoms with E-state index in [4.69, 9.17) is 4.74 Å². The van der Waals surface area contributed by atoms with E-state index in [1.165, 1.54) is 0 Å². The highest BCUT2D eigenvalue weighted by Gasteiger charge is 2.35. The van der Waals surface area contributed by atoms with Gasteiger partial charge in [-0.25, -0.2) is 4.68 Å². The third-order valence-corrected chi connectivity index (χ3v) is 4.99. The average molecular weight is 354 g/mol. The second-order valence-corrected chi connectivity index (χ2v) is 6.86. The Balaban J connectivity index is 1.40. The van der Waals surface area contributed by atoms with Crippen molar-refractivity contribution >= 4 is 23.3 Å². The van der Waals surface area contributed by atoms with Gasteiger partial charge in [0.15, 0.2) is 0 Å². The number of para-hydroxylation sites is 1. The van der Waals surface area contributed by atoms with Gasteiger partial charge in [-0.3, -0.25) is 9.59 Å². The molecule has 2 aliphatic rings. The summed E-state index contributed by atoms with van der Waals surface area (Å²) in [4.78, 5) is 26.7. The first-order chi connectivity index (χ1) is 12.7. The lowest BCUT2D eigenvalue weighted by atomic mass is 10.1. The smallest absolute Gasteiger partial charge is 0.230 e. The first-order valence-electron chi connectivity index (χ1n) is 8.96. The molecule has 0 radical (unpaired) electrons. The minimum Gasteiger partial charge on any atom is -0.381 e. The molecule has 0 aliphatic carbocycles. The molecule has 0 spiro atoms. The Bertz CT molecular complexity index is 783. The molecule has 2 aliphatic heterocycles. The maximum Gasteiger partial charge on any atom is 0.230 e. The molecule has 4 rings (SSSR count). The molecule has 2 amide bonds. The number of rotatable bonds is 5. The lowest BCUT2D eigenvalue weighted by Crippen LogP contribution is -2.29. The summed E-state index contributed by atoms with van der Waals surface area (Å²) in [7, 11) is 0. The van der Waals surface area contributed by atoms with Crippen LogP contribution in [0.2, 0.25) is 0 Å². The third kappa shape index (κ3) is 3.48. The van der Waals surface area contributed by atoms with Crippen molar-refractivity contribution in [3.63, 3.8) is 0 Å². The largest absolute Gasteiger partial charge is 0.381 e. The zero-order chi connectivity index (χ0) is 17.9. The lowest BCUT2D eigenvalue weighted by molar-refractivity contribution is -0.122. The Labute approximate surface area is 151 Å². The third-order valence-electron chi connectivity index (χ3n) is 4.99. The van der Waals surface area contributed by atoms with Gasteiger partial charge in [-0.1, -0.05) is 18.2 Å². The van der Waals surface area contributed by atoms with Crippen LogP contribution in [0.15, 0.2) is 42.6 Å². The monoisotopic (exact) mass is 354 g/mol. The summed E-state index contributed by atoms with van der Waals surface area (Å²) in [6, 6.07) is 11.3. The molecule has 3 heterocycles. The maximum absolute atomic E-state index is 12.7. The highest BCUT2D eigenvalue weighted by atomic mass is 16.5. The van der Waals surface area contributed by atoms with Crippen LogP contribution >= 0.6 is 0 Å². The van der Waals surface area contributed by atoms with Crippen LogP contribution < -0.4 is 10.2 Å². The van der Waals surface area contributed by atoms with E-state index in [0.29, 0.717) is 18.3 Å². The summed E-state index contributed by atoms with van der Waals surface area (Å²) in [6.45, 7) is 2.64. The SMILES string of the molecule is O=C(Nc1ccnn1C[C@H]1CCOC1)[C@H]1CC(=O)N(c2ccccc2)C1. The number of hydrogen-bond acceptors (Lipinski definition) is 4. The molecule has 7 heteroatoms. The van der Waals surface area contributed by atoms with E-state index in [-0.39, 0.29) is 24.2 Å². The highest BCUT2D eigenvalue weighted by molar-refractivity contribution is 6.03. The molecule has 1 N–H and O–H groups in total. The molecule has 7 nitrogen and oxygen atoms in total. The second-order valence-electron chi connectivity index (χ2n) is 6.86. The Morgan fingerprint density at radius 1 is 1.27 bits per heavy atom. The van der Waals surface area contributed by atoms with Crippen LogP contribution in [0.3, 0.4) is 0 Å². The van der Waals surface area contributed by atoms with E-state index < -0.39 is 0 Å². The molecule has 0 unspecified atom stereocenters. The van der Waals surface area contributed by atoms with Crippen molar-refractivity contribution in [1.82, 2.24) is 9.78 Å². The highest BCUT2D eigenvalue weighted by Crippen LogP contribution is 2.26. The summed E-state index contributed by atoms with van der Waals surface area (Å²) in [5.41, 5.74) is 0.832. The number of anilines is 2. The zero-order valence-corrected chi connectivity index (χ0v) is 14.5. The van der Waals surface area contributed by atoms with Gasteiger partial charge in [-0.2, -0.15) is 5.10 Å². The maximum atomic E-state index is 12.7. The number of benzene rings is 1. The van der Waals surface area contributed by atoms with Crippen LogP contribution in [0.4, 0.5) is 11.5 Å². The van der Waals surface area contributed by atoms with Gasteiger partial charge in [0.1, 0.15) is 5.82 Å². The predicted octanol–water partition coefficient (Wildman–Crippen LogP) is 1.91. The van der Waals surface area contributed by atoms with Gasteiger partial charge in [-0.15, -0.1) is 0 Å². The molecule has 26 heavy (non-hydrogen) atoms. The van der Waals surface area contributed by atoms with E-state index in [9.17, 15) is 9.59 Å². The van der Waals surface area contributed by atoms with Crippen molar-refractivity contribution in [3.05, 3.63) is 42.6 Å². The summed E-state index contributed by atoms with van der Waals surface area (Å²) in [6.07, 6.45) is 2.92. The fourth-order valence-electron chi connectivity index (χ4n) is 3.53. The van der Waals surface area contributed by atoms with Gasteiger partial charge in [0.25, 0.3) is 0 Å².